The topological polar surface area (TPSA) is 111 Å². The summed E-state index contributed by atoms with van der Waals surface area (Å²) in [6.45, 7) is 5.40. The number of rotatable bonds is 3. The number of anilines is 1. The van der Waals surface area contributed by atoms with Crippen LogP contribution in [0.3, 0.4) is 0 Å². The van der Waals surface area contributed by atoms with Crippen LogP contribution in [0.1, 0.15) is 56.6 Å². The maximum Gasteiger partial charge on any atom is 0.246 e. The molecule has 1 aliphatic carbocycles. The first-order valence-corrected chi connectivity index (χ1v) is 12.1. The maximum absolute atomic E-state index is 11.9. The van der Waals surface area contributed by atoms with Crippen LogP contribution in [0.25, 0.3) is 0 Å². The monoisotopic (exact) mass is 414 g/mol. The number of nitrogens with zero attached hydrogens (tertiary/aromatic N) is 3. The van der Waals surface area contributed by atoms with E-state index in [4.69, 9.17) is 15.5 Å². The van der Waals surface area contributed by atoms with Crippen LogP contribution in [-0.2, 0) is 4.57 Å². The molecule has 8 heteroatoms. The number of benzene rings is 1. The van der Waals surface area contributed by atoms with Gasteiger partial charge in [-0.1, -0.05) is 24.3 Å². The Morgan fingerprint density at radius 1 is 1.14 bits per heavy atom. The normalized spacial score (nSPS) is 25.3. The van der Waals surface area contributed by atoms with E-state index in [-0.39, 0.29) is 5.66 Å². The van der Waals surface area contributed by atoms with Gasteiger partial charge in [0.25, 0.3) is 0 Å². The maximum atomic E-state index is 11.9. The third-order valence-corrected chi connectivity index (χ3v) is 7.86. The van der Waals surface area contributed by atoms with Crippen molar-refractivity contribution in [3.8, 4) is 5.88 Å². The number of fused-ring (bicyclic) bond motifs is 1. The average molecular weight is 414 g/mol. The molecule has 1 aromatic carbocycles. The molecule has 4 rings (SSSR count). The van der Waals surface area contributed by atoms with E-state index in [1.54, 1.807) is 0 Å². The summed E-state index contributed by atoms with van der Waals surface area (Å²) in [6.07, 6.45) is 4.88. The SMILES string of the molecule is CC1(C)Oc2ncnc(N)c2N=C1c1ccc(C2CCC(P(C)(=O)O)CC2)cc1. The number of nitrogen functional groups attached to an aromatic ring is 1. The molecule has 2 aromatic rings. The van der Waals surface area contributed by atoms with E-state index in [0.717, 1.165) is 37.0 Å². The Morgan fingerprint density at radius 3 is 2.41 bits per heavy atom. The second-order valence-electron chi connectivity index (χ2n) is 8.56. The van der Waals surface area contributed by atoms with Gasteiger partial charge in [-0.05, 0) is 51.0 Å². The minimum Gasteiger partial charge on any atom is -0.463 e. The van der Waals surface area contributed by atoms with E-state index >= 15 is 0 Å². The Bertz CT molecular complexity index is 989. The molecule has 0 radical (unpaired) electrons. The Kier molecular flexibility index (Phi) is 4.99. The number of aliphatic imine (C=N–C) groups is 1. The number of aromatic nitrogens is 2. The highest BCUT2D eigenvalue weighted by Gasteiger charge is 2.35. The van der Waals surface area contributed by atoms with Crippen LogP contribution in [0.15, 0.2) is 35.6 Å². The summed E-state index contributed by atoms with van der Waals surface area (Å²) < 4.78 is 18.0. The molecule has 0 spiro atoms. The third kappa shape index (κ3) is 3.94. The third-order valence-electron chi connectivity index (χ3n) is 5.99. The van der Waals surface area contributed by atoms with E-state index in [9.17, 15) is 9.46 Å². The van der Waals surface area contributed by atoms with Crippen molar-refractivity contribution < 1.29 is 14.2 Å². The molecule has 7 nitrogen and oxygen atoms in total. The fraction of sp³-hybridized carbons (Fsp3) is 0.476. The summed E-state index contributed by atoms with van der Waals surface area (Å²) in [7, 11) is -2.98. The van der Waals surface area contributed by atoms with Crippen LogP contribution in [0.4, 0.5) is 11.5 Å². The molecular weight excluding hydrogens is 387 g/mol. The van der Waals surface area contributed by atoms with Gasteiger partial charge in [0, 0.05) is 17.9 Å². The lowest BCUT2D eigenvalue weighted by molar-refractivity contribution is 0.171. The lowest BCUT2D eigenvalue weighted by atomic mass is 9.83. The Labute approximate surface area is 170 Å². The van der Waals surface area contributed by atoms with Gasteiger partial charge in [-0.2, -0.15) is 4.98 Å². The molecule has 1 aromatic heterocycles. The number of hydrogen-bond acceptors (Lipinski definition) is 6. The summed E-state index contributed by atoms with van der Waals surface area (Å²) in [6, 6.07) is 8.38. The Balaban J connectivity index is 1.57. The van der Waals surface area contributed by atoms with Crippen molar-refractivity contribution in [3.63, 3.8) is 0 Å². The average Bonchev–Trinajstić information content (AvgIpc) is 2.67. The fourth-order valence-corrected chi connectivity index (χ4v) is 5.56. The molecule has 1 fully saturated rings. The minimum atomic E-state index is -2.98. The Morgan fingerprint density at radius 2 is 1.79 bits per heavy atom. The minimum absolute atomic E-state index is 0.0553. The summed E-state index contributed by atoms with van der Waals surface area (Å²) in [5, 5.41) is 0. The van der Waals surface area contributed by atoms with Crippen molar-refractivity contribution in [3.05, 3.63) is 41.7 Å². The first-order chi connectivity index (χ1) is 13.6. The summed E-state index contributed by atoms with van der Waals surface area (Å²) in [5.74, 6) is 1.12. The molecule has 0 amide bonds. The van der Waals surface area contributed by atoms with Gasteiger partial charge >= 0.3 is 0 Å². The van der Waals surface area contributed by atoms with Crippen LogP contribution in [0.2, 0.25) is 0 Å². The molecule has 29 heavy (non-hydrogen) atoms. The molecule has 1 unspecified atom stereocenters. The molecule has 0 bridgehead atoms. The largest absolute Gasteiger partial charge is 0.463 e. The lowest BCUT2D eigenvalue weighted by Gasteiger charge is -2.32. The number of hydrogen-bond donors (Lipinski definition) is 2. The highest BCUT2D eigenvalue weighted by atomic mass is 31.2. The van der Waals surface area contributed by atoms with Crippen molar-refractivity contribution in [1.29, 1.82) is 0 Å². The second-order valence-corrected chi connectivity index (χ2v) is 11.2. The molecule has 2 heterocycles. The van der Waals surface area contributed by atoms with Crippen LogP contribution in [0.5, 0.6) is 5.88 Å². The molecule has 0 saturated heterocycles. The van der Waals surface area contributed by atoms with Crippen molar-refractivity contribution in [2.24, 2.45) is 4.99 Å². The number of ether oxygens (including phenoxy) is 1. The van der Waals surface area contributed by atoms with E-state index in [2.05, 4.69) is 34.2 Å². The van der Waals surface area contributed by atoms with Crippen molar-refractivity contribution >= 4 is 24.6 Å². The molecule has 3 N–H and O–H groups in total. The predicted octanol–water partition coefficient (Wildman–Crippen LogP) is 4.28. The zero-order chi connectivity index (χ0) is 20.8. The van der Waals surface area contributed by atoms with Gasteiger partial charge in [0.15, 0.2) is 11.5 Å². The zero-order valence-corrected chi connectivity index (χ0v) is 17.9. The highest BCUT2D eigenvalue weighted by Crippen LogP contribution is 2.51. The van der Waals surface area contributed by atoms with Gasteiger partial charge in [-0.25, -0.2) is 9.98 Å². The van der Waals surface area contributed by atoms with Gasteiger partial charge in [0.05, 0.1) is 5.71 Å². The van der Waals surface area contributed by atoms with Crippen LogP contribution < -0.4 is 10.5 Å². The second kappa shape index (κ2) is 7.22. The highest BCUT2D eigenvalue weighted by molar-refractivity contribution is 7.57. The van der Waals surface area contributed by atoms with Gasteiger partial charge in [0.2, 0.25) is 13.2 Å². The van der Waals surface area contributed by atoms with E-state index in [1.807, 2.05) is 13.8 Å². The molecule has 1 saturated carbocycles. The predicted molar refractivity (Wildman–Crippen MR) is 115 cm³/mol. The zero-order valence-electron chi connectivity index (χ0n) is 17.0. The van der Waals surface area contributed by atoms with Gasteiger partial charge in [-0.3, -0.25) is 4.57 Å². The van der Waals surface area contributed by atoms with Crippen LogP contribution >= 0.6 is 7.37 Å². The molecule has 154 valence electrons. The first kappa shape index (κ1) is 20.0. The summed E-state index contributed by atoms with van der Waals surface area (Å²) in [4.78, 5) is 22.7. The van der Waals surface area contributed by atoms with Crippen molar-refractivity contribution in [2.45, 2.75) is 56.7 Å². The molecule has 1 aliphatic heterocycles. The summed E-state index contributed by atoms with van der Waals surface area (Å²) in [5.41, 5.74) is 8.74. The quantitative estimate of drug-likeness (QED) is 0.726. The molecular formula is C21H27N4O3P. The standard InChI is InChI=1S/C21H27N4O3P/c1-21(2)18(25-17-19(22)23-12-24-20(17)28-21)15-6-4-13(5-7-15)14-8-10-16(11-9-14)29(3,26)27/h4-7,12,14,16H,8-11H2,1-3H3,(H,26,27)(H2,22,23,24). The van der Waals surface area contributed by atoms with E-state index in [0.29, 0.717) is 23.3 Å². The summed E-state index contributed by atoms with van der Waals surface area (Å²) >= 11 is 0. The number of nitrogens with two attached hydrogens (primary N) is 1. The fourth-order valence-electron chi connectivity index (χ4n) is 4.31. The van der Waals surface area contributed by atoms with Crippen LogP contribution in [-0.4, -0.2) is 38.5 Å². The van der Waals surface area contributed by atoms with Crippen molar-refractivity contribution in [1.82, 2.24) is 9.97 Å². The molecule has 1 atom stereocenters. The first-order valence-electron chi connectivity index (χ1n) is 9.94. The van der Waals surface area contributed by atoms with Gasteiger partial charge in [-0.15, -0.1) is 0 Å². The van der Waals surface area contributed by atoms with Gasteiger partial charge in [0.1, 0.15) is 11.9 Å². The van der Waals surface area contributed by atoms with E-state index in [1.165, 1.54) is 18.6 Å². The van der Waals surface area contributed by atoms with E-state index < -0.39 is 13.0 Å². The van der Waals surface area contributed by atoms with Crippen LogP contribution in [0, 0.1) is 0 Å². The lowest BCUT2D eigenvalue weighted by Crippen LogP contribution is -2.41. The van der Waals surface area contributed by atoms with Gasteiger partial charge < -0.3 is 15.4 Å². The molecule has 2 aliphatic rings. The smallest absolute Gasteiger partial charge is 0.246 e. The van der Waals surface area contributed by atoms with Crippen molar-refractivity contribution in [2.75, 3.05) is 12.4 Å². The Hall–Kier alpha value is -2.24.